The third kappa shape index (κ3) is 5.70. The molecular formula is C14H23N3O2. The number of carbonyl (C=O) groups is 1. The minimum atomic E-state index is -0.504. The summed E-state index contributed by atoms with van der Waals surface area (Å²) in [6.45, 7) is 7.84. The van der Waals surface area contributed by atoms with E-state index in [1.54, 1.807) is 12.4 Å². The van der Waals surface area contributed by atoms with Crippen LogP contribution in [-0.2, 0) is 11.2 Å². The highest BCUT2D eigenvalue weighted by Gasteiger charge is 2.19. The van der Waals surface area contributed by atoms with E-state index in [0.717, 1.165) is 11.1 Å². The molecule has 19 heavy (non-hydrogen) atoms. The van der Waals surface area contributed by atoms with Gasteiger partial charge in [0.2, 0.25) is 0 Å². The maximum absolute atomic E-state index is 11.7. The van der Waals surface area contributed by atoms with E-state index in [9.17, 15) is 4.79 Å². The fraction of sp³-hybridized carbons (Fsp3) is 0.571. The summed E-state index contributed by atoms with van der Waals surface area (Å²) in [5.74, 6) is 0. The monoisotopic (exact) mass is 265 g/mol. The van der Waals surface area contributed by atoms with Crippen LogP contribution in [0.25, 0.3) is 0 Å². The van der Waals surface area contributed by atoms with Crippen molar-refractivity contribution in [2.75, 3.05) is 6.54 Å². The number of nitrogens with two attached hydrogens (primary N) is 1. The molecule has 1 aromatic rings. The first-order chi connectivity index (χ1) is 8.81. The van der Waals surface area contributed by atoms with Crippen molar-refractivity contribution in [2.24, 2.45) is 5.73 Å². The first kappa shape index (κ1) is 15.4. The van der Waals surface area contributed by atoms with E-state index >= 15 is 0 Å². The normalized spacial score (nSPS) is 12.9. The zero-order valence-corrected chi connectivity index (χ0v) is 12.1. The minimum Gasteiger partial charge on any atom is -0.444 e. The smallest absolute Gasteiger partial charge is 0.407 e. The van der Waals surface area contributed by atoms with Gasteiger partial charge in [0.05, 0.1) is 0 Å². The van der Waals surface area contributed by atoms with Gasteiger partial charge in [-0.25, -0.2) is 4.79 Å². The fourth-order valence-electron chi connectivity index (χ4n) is 1.66. The third-order valence-corrected chi connectivity index (χ3v) is 2.61. The van der Waals surface area contributed by atoms with E-state index in [2.05, 4.69) is 10.3 Å². The standard InChI is InChI=1S/C14H23N3O2/c1-10-9-16-6-5-11(10)7-12(8-15)17-13(18)19-14(2,3)4/h5-6,9,12H,7-8,15H2,1-4H3,(H,17,18). The van der Waals surface area contributed by atoms with Crippen LogP contribution >= 0.6 is 0 Å². The maximum atomic E-state index is 11.7. The van der Waals surface area contributed by atoms with Crippen LogP contribution in [0.3, 0.4) is 0 Å². The molecule has 106 valence electrons. The van der Waals surface area contributed by atoms with E-state index in [0.29, 0.717) is 13.0 Å². The van der Waals surface area contributed by atoms with Gasteiger partial charge >= 0.3 is 6.09 Å². The summed E-state index contributed by atoms with van der Waals surface area (Å²) in [4.78, 5) is 15.7. The summed E-state index contributed by atoms with van der Waals surface area (Å²) < 4.78 is 5.22. The molecule has 1 unspecified atom stereocenters. The molecule has 1 amide bonds. The molecule has 0 aliphatic carbocycles. The Kier molecular flexibility index (Phi) is 5.30. The zero-order valence-electron chi connectivity index (χ0n) is 12.1. The second-order valence-corrected chi connectivity index (χ2v) is 5.59. The van der Waals surface area contributed by atoms with Gasteiger partial charge in [-0.05, 0) is 51.3 Å². The van der Waals surface area contributed by atoms with Gasteiger partial charge in [0, 0.05) is 25.0 Å². The van der Waals surface area contributed by atoms with Crippen molar-refractivity contribution in [3.63, 3.8) is 0 Å². The number of hydrogen-bond donors (Lipinski definition) is 2. The van der Waals surface area contributed by atoms with Gasteiger partial charge in [-0.15, -0.1) is 0 Å². The summed E-state index contributed by atoms with van der Waals surface area (Å²) in [5.41, 5.74) is 7.41. The van der Waals surface area contributed by atoms with Crippen molar-refractivity contribution in [2.45, 2.75) is 45.8 Å². The number of nitrogens with zero attached hydrogens (tertiary/aromatic N) is 1. The van der Waals surface area contributed by atoms with Crippen LogP contribution in [0.4, 0.5) is 4.79 Å². The Labute approximate surface area is 114 Å². The second-order valence-electron chi connectivity index (χ2n) is 5.59. The molecule has 0 radical (unpaired) electrons. The molecule has 0 fully saturated rings. The summed E-state index contributed by atoms with van der Waals surface area (Å²) in [6, 6.07) is 1.80. The summed E-state index contributed by atoms with van der Waals surface area (Å²) in [5, 5.41) is 2.79. The highest BCUT2D eigenvalue weighted by atomic mass is 16.6. The Hall–Kier alpha value is -1.62. The van der Waals surface area contributed by atoms with Gasteiger partial charge in [-0.3, -0.25) is 4.98 Å². The number of amides is 1. The van der Waals surface area contributed by atoms with Gasteiger partial charge in [-0.1, -0.05) is 0 Å². The summed E-state index contributed by atoms with van der Waals surface area (Å²) in [6.07, 6.45) is 3.78. The van der Waals surface area contributed by atoms with E-state index < -0.39 is 11.7 Å². The molecular weight excluding hydrogens is 242 g/mol. The fourth-order valence-corrected chi connectivity index (χ4v) is 1.66. The van der Waals surface area contributed by atoms with E-state index in [1.807, 2.05) is 33.8 Å². The van der Waals surface area contributed by atoms with Crippen LogP contribution in [0, 0.1) is 6.92 Å². The molecule has 3 N–H and O–H groups in total. The predicted molar refractivity (Wildman–Crippen MR) is 74.9 cm³/mol. The van der Waals surface area contributed by atoms with Crippen molar-refractivity contribution in [1.82, 2.24) is 10.3 Å². The molecule has 0 saturated carbocycles. The largest absolute Gasteiger partial charge is 0.444 e. The van der Waals surface area contributed by atoms with Crippen LogP contribution in [0.1, 0.15) is 31.9 Å². The number of aromatic nitrogens is 1. The lowest BCUT2D eigenvalue weighted by molar-refractivity contribution is 0.0506. The lowest BCUT2D eigenvalue weighted by Gasteiger charge is -2.23. The van der Waals surface area contributed by atoms with E-state index in [1.165, 1.54) is 0 Å². The molecule has 5 heteroatoms. The van der Waals surface area contributed by atoms with Crippen molar-refractivity contribution in [1.29, 1.82) is 0 Å². The number of alkyl carbamates (subject to hydrolysis) is 1. The van der Waals surface area contributed by atoms with Crippen LogP contribution in [0.5, 0.6) is 0 Å². The molecule has 0 spiro atoms. The molecule has 0 aromatic carbocycles. The SMILES string of the molecule is Cc1cnccc1CC(CN)NC(=O)OC(C)(C)C. The number of hydrogen-bond acceptors (Lipinski definition) is 4. The van der Waals surface area contributed by atoms with Crippen molar-refractivity contribution < 1.29 is 9.53 Å². The molecule has 1 rings (SSSR count). The number of carbonyl (C=O) groups excluding carboxylic acids is 1. The average Bonchev–Trinajstić information content (AvgIpc) is 2.28. The first-order valence-electron chi connectivity index (χ1n) is 6.41. The molecule has 1 aromatic heterocycles. The Balaban J connectivity index is 2.60. The number of rotatable bonds is 4. The lowest BCUT2D eigenvalue weighted by atomic mass is 10.0. The lowest BCUT2D eigenvalue weighted by Crippen LogP contribution is -2.44. The van der Waals surface area contributed by atoms with E-state index in [-0.39, 0.29) is 6.04 Å². The van der Waals surface area contributed by atoms with Crippen LogP contribution in [0.15, 0.2) is 18.5 Å². The molecule has 0 bridgehead atoms. The Morgan fingerprint density at radius 3 is 2.74 bits per heavy atom. The van der Waals surface area contributed by atoms with Gasteiger partial charge in [0.25, 0.3) is 0 Å². The Morgan fingerprint density at radius 1 is 1.53 bits per heavy atom. The van der Waals surface area contributed by atoms with Crippen molar-refractivity contribution >= 4 is 6.09 Å². The van der Waals surface area contributed by atoms with Crippen LogP contribution in [-0.4, -0.2) is 29.3 Å². The van der Waals surface area contributed by atoms with Gasteiger partial charge in [-0.2, -0.15) is 0 Å². The highest BCUT2D eigenvalue weighted by molar-refractivity contribution is 5.68. The number of nitrogens with one attached hydrogen (secondary N) is 1. The highest BCUT2D eigenvalue weighted by Crippen LogP contribution is 2.10. The molecule has 1 heterocycles. The minimum absolute atomic E-state index is 0.143. The zero-order chi connectivity index (χ0) is 14.5. The predicted octanol–water partition coefficient (Wildman–Crippen LogP) is 1.78. The van der Waals surface area contributed by atoms with Crippen LogP contribution in [0.2, 0.25) is 0 Å². The molecule has 0 saturated heterocycles. The Bertz CT molecular complexity index is 427. The third-order valence-electron chi connectivity index (χ3n) is 2.61. The second kappa shape index (κ2) is 6.52. The molecule has 0 aliphatic rings. The first-order valence-corrected chi connectivity index (χ1v) is 6.41. The van der Waals surface area contributed by atoms with Gasteiger partial charge in [0.15, 0.2) is 0 Å². The molecule has 0 aliphatic heterocycles. The Morgan fingerprint density at radius 2 is 2.21 bits per heavy atom. The average molecular weight is 265 g/mol. The summed E-state index contributed by atoms with van der Waals surface area (Å²) >= 11 is 0. The molecule has 5 nitrogen and oxygen atoms in total. The number of ether oxygens (including phenoxy) is 1. The van der Waals surface area contributed by atoms with Crippen molar-refractivity contribution in [3.8, 4) is 0 Å². The topological polar surface area (TPSA) is 77.2 Å². The number of aryl methyl sites for hydroxylation is 1. The van der Waals surface area contributed by atoms with E-state index in [4.69, 9.17) is 10.5 Å². The maximum Gasteiger partial charge on any atom is 0.407 e. The van der Waals surface area contributed by atoms with Crippen molar-refractivity contribution in [3.05, 3.63) is 29.6 Å². The van der Waals surface area contributed by atoms with Crippen LogP contribution < -0.4 is 11.1 Å². The van der Waals surface area contributed by atoms with Gasteiger partial charge in [0.1, 0.15) is 5.60 Å². The van der Waals surface area contributed by atoms with Gasteiger partial charge < -0.3 is 15.8 Å². The quantitative estimate of drug-likeness (QED) is 0.870. The number of pyridine rings is 1. The summed E-state index contributed by atoms with van der Waals surface area (Å²) in [7, 11) is 0. The molecule has 1 atom stereocenters.